The van der Waals surface area contributed by atoms with Crippen LogP contribution in [0.3, 0.4) is 0 Å². The summed E-state index contributed by atoms with van der Waals surface area (Å²) < 4.78 is 4.98. The molecule has 1 aromatic heterocycles. The average molecular weight is 355 g/mol. The lowest BCUT2D eigenvalue weighted by Crippen LogP contribution is -2.22. The minimum Gasteiger partial charge on any atom is -0.427 e. The van der Waals surface area contributed by atoms with Crippen LogP contribution in [0.25, 0.3) is 11.1 Å². The van der Waals surface area contributed by atoms with Gasteiger partial charge in [-0.3, -0.25) is 19.7 Å². The molecule has 2 rings (SSSR count). The molecule has 0 aliphatic carbocycles. The molecule has 0 aliphatic heterocycles. The standard InChI is InChI=1S/C18H17N3O5/c1-10(22)26-11-5-6-15(21(24)25)13(7-11)12-8-16(18(2,3)4)20-17(23)14(12)9-19/h5-8H,1-4H3,(H,20,23). The molecule has 8 heteroatoms. The van der Waals surface area contributed by atoms with E-state index in [1.807, 2.05) is 20.8 Å². The highest BCUT2D eigenvalue weighted by atomic mass is 16.6. The number of nitro groups is 1. The summed E-state index contributed by atoms with van der Waals surface area (Å²) in [7, 11) is 0. The average Bonchev–Trinajstić information content (AvgIpc) is 2.52. The number of aromatic amines is 1. The van der Waals surface area contributed by atoms with Gasteiger partial charge in [0.25, 0.3) is 11.2 Å². The number of ether oxygens (including phenoxy) is 1. The maximum atomic E-state index is 12.3. The van der Waals surface area contributed by atoms with E-state index in [1.165, 1.54) is 25.1 Å². The number of pyridine rings is 1. The fourth-order valence-electron chi connectivity index (χ4n) is 2.41. The van der Waals surface area contributed by atoms with E-state index in [4.69, 9.17) is 4.74 Å². The van der Waals surface area contributed by atoms with Crippen LogP contribution in [0.15, 0.2) is 29.1 Å². The fourth-order valence-corrected chi connectivity index (χ4v) is 2.41. The lowest BCUT2D eigenvalue weighted by atomic mass is 9.88. The SMILES string of the molecule is CC(=O)Oc1ccc([N+](=O)[O-])c(-c2cc(C(C)(C)C)[nH]c(=O)c2C#N)c1. The number of benzene rings is 1. The van der Waals surface area contributed by atoms with Gasteiger partial charge in [0.15, 0.2) is 0 Å². The first kappa shape index (κ1) is 18.9. The lowest BCUT2D eigenvalue weighted by Gasteiger charge is -2.20. The van der Waals surface area contributed by atoms with E-state index in [9.17, 15) is 25.0 Å². The van der Waals surface area contributed by atoms with E-state index >= 15 is 0 Å². The van der Waals surface area contributed by atoms with Crippen LogP contribution in [0.2, 0.25) is 0 Å². The minimum atomic E-state index is -0.637. The molecule has 1 aromatic carbocycles. The van der Waals surface area contributed by atoms with Crippen molar-refractivity contribution in [1.29, 1.82) is 5.26 Å². The number of nitrogens with zero attached hydrogens (tertiary/aromatic N) is 2. The molecule has 0 amide bonds. The second-order valence-corrected chi connectivity index (χ2v) is 6.69. The first-order valence-electron chi connectivity index (χ1n) is 7.69. The number of hydrogen-bond donors (Lipinski definition) is 1. The van der Waals surface area contributed by atoms with E-state index in [2.05, 4.69) is 4.98 Å². The summed E-state index contributed by atoms with van der Waals surface area (Å²) in [6.45, 7) is 6.78. The number of nitro benzene ring substituents is 1. The molecule has 0 fully saturated rings. The van der Waals surface area contributed by atoms with Crippen LogP contribution < -0.4 is 10.3 Å². The summed E-state index contributed by atoms with van der Waals surface area (Å²) in [4.78, 5) is 36.9. The van der Waals surface area contributed by atoms with Gasteiger partial charge in [-0.25, -0.2) is 0 Å². The highest BCUT2D eigenvalue weighted by Gasteiger charge is 2.24. The number of nitriles is 1. The largest absolute Gasteiger partial charge is 0.427 e. The van der Waals surface area contributed by atoms with Crippen molar-refractivity contribution >= 4 is 11.7 Å². The number of nitrogens with one attached hydrogen (secondary N) is 1. The number of carbonyl (C=O) groups excluding carboxylic acids is 1. The molecule has 8 nitrogen and oxygen atoms in total. The van der Waals surface area contributed by atoms with Crippen LogP contribution in [-0.4, -0.2) is 15.9 Å². The lowest BCUT2D eigenvalue weighted by molar-refractivity contribution is -0.384. The molecule has 0 aliphatic rings. The Morgan fingerprint density at radius 1 is 1.27 bits per heavy atom. The Morgan fingerprint density at radius 2 is 1.92 bits per heavy atom. The van der Waals surface area contributed by atoms with Crippen molar-refractivity contribution in [3.63, 3.8) is 0 Å². The number of hydrogen-bond acceptors (Lipinski definition) is 6. The van der Waals surface area contributed by atoms with Gasteiger partial charge >= 0.3 is 5.97 Å². The van der Waals surface area contributed by atoms with Gasteiger partial charge in [0.2, 0.25) is 0 Å². The normalized spacial score (nSPS) is 10.9. The molecular formula is C18H17N3O5. The third kappa shape index (κ3) is 3.78. The summed E-state index contributed by atoms with van der Waals surface area (Å²) in [5.74, 6) is -0.508. The topological polar surface area (TPSA) is 126 Å². The molecule has 0 bridgehead atoms. The summed E-state index contributed by atoms with van der Waals surface area (Å²) >= 11 is 0. The second kappa shape index (κ2) is 6.80. The molecule has 134 valence electrons. The molecule has 0 saturated heterocycles. The van der Waals surface area contributed by atoms with Crippen molar-refractivity contribution in [1.82, 2.24) is 4.98 Å². The minimum absolute atomic E-state index is 0.0295. The molecule has 0 saturated carbocycles. The van der Waals surface area contributed by atoms with Gasteiger partial charge < -0.3 is 9.72 Å². The maximum absolute atomic E-state index is 12.3. The number of esters is 1. The predicted molar refractivity (Wildman–Crippen MR) is 93.9 cm³/mol. The van der Waals surface area contributed by atoms with Crippen molar-refractivity contribution in [2.45, 2.75) is 33.1 Å². The maximum Gasteiger partial charge on any atom is 0.308 e. The van der Waals surface area contributed by atoms with Gasteiger partial charge in [-0.15, -0.1) is 0 Å². The Labute approximate surface area is 149 Å². The van der Waals surface area contributed by atoms with Crippen LogP contribution in [0, 0.1) is 21.4 Å². The molecule has 0 spiro atoms. The van der Waals surface area contributed by atoms with Crippen molar-refractivity contribution in [2.75, 3.05) is 0 Å². The fraction of sp³-hybridized carbons (Fsp3) is 0.278. The van der Waals surface area contributed by atoms with Crippen LogP contribution in [0.4, 0.5) is 5.69 Å². The third-order valence-electron chi connectivity index (χ3n) is 3.67. The van der Waals surface area contributed by atoms with Crippen LogP contribution in [0.1, 0.15) is 39.0 Å². The van der Waals surface area contributed by atoms with E-state index < -0.39 is 21.9 Å². The second-order valence-electron chi connectivity index (χ2n) is 6.69. The van der Waals surface area contributed by atoms with Gasteiger partial charge in [0, 0.05) is 29.7 Å². The highest BCUT2D eigenvalue weighted by Crippen LogP contribution is 2.36. The molecule has 2 aromatic rings. The van der Waals surface area contributed by atoms with E-state index in [-0.39, 0.29) is 28.1 Å². The zero-order chi connectivity index (χ0) is 19.6. The van der Waals surface area contributed by atoms with E-state index in [0.717, 1.165) is 0 Å². The number of carbonyl (C=O) groups is 1. The van der Waals surface area contributed by atoms with Crippen molar-refractivity contribution < 1.29 is 14.5 Å². The quantitative estimate of drug-likeness (QED) is 0.390. The Hall–Kier alpha value is -3.47. The number of aromatic nitrogens is 1. The Kier molecular flexibility index (Phi) is 4.93. The molecule has 1 N–H and O–H groups in total. The molecule has 0 atom stereocenters. The molecular weight excluding hydrogens is 338 g/mol. The predicted octanol–water partition coefficient (Wildman–Crippen LogP) is 3.04. The Bertz CT molecular complexity index is 993. The summed E-state index contributed by atoms with van der Waals surface area (Å²) in [6, 6.07) is 7.07. The summed E-state index contributed by atoms with van der Waals surface area (Å²) in [5.41, 5.74) is -0.983. The van der Waals surface area contributed by atoms with E-state index in [1.54, 1.807) is 12.1 Å². The van der Waals surface area contributed by atoms with Crippen molar-refractivity contribution in [3.05, 3.63) is 56.0 Å². The highest BCUT2D eigenvalue weighted by molar-refractivity contribution is 5.80. The molecule has 26 heavy (non-hydrogen) atoms. The Morgan fingerprint density at radius 3 is 2.42 bits per heavy atom. The van der Waals surface area contributed by atoms with Crippen LogP contribution >= 0.6 is 0 Å². The van der Waals surface area contributed by atoms with Crippen molar-refractivity contribution in [3.8, 4) is 22.9 Å². The molecule has 0 radical (unpaired) electrons. The van der Waals surface area contributed by atoms with Gasteiger partial charge in [0.05, 0.1) is 10.5 Å². The summed E-state index contributed by atoms with van der Waals surface area (Å²) in [5, 5.41) is 20.8. The number of rotatable bonds is 3. The monoisotopic (exact) mass is 355 g/mol. The molecule has 0 unspecified atom stereocenters. The smallest absolute Gasteiger partial charge is 0.308 e. The molecule has 1 heterocycles. The van der Waals surface area contributed by atoms with E-state index in [0.29, 0.717) is 5.69 Å². The van der Waals surface area contributed by atoms with Gasteiger partial charge in [-0.1, -0.05) is 20.8 Å². The number of H-pyrrole nitrogens is 1. The van der Waals surface area contributed by atoms with Crippen LogP contribution in [-0.2, 0) is 10.2 Å². The van der Waals surface area contributed by atoms with Gasteiger partial charge in [0.1, 0.15) is 17.4 Å². The van der Waals surface area contributed by atoms with Gasteiger partial charge in [-0.2, -0.15) is 5.26 Å². The first-order chi connectivity index (χ1) is 12.0. The van der Waals surface area contributed by atoms with Crippen LogP contribution in [0.5, 0.6) is 5.75 Å². The Balaban J connectivity index is 2.87. The first-order valence-corrected chi connectivity index (χ1v) is 7.69. The third-order valence-corrected chi connectivity index (χ3v) is 3.67. The zero-order valence-electron chi connectivity index (χ0n) is 14.7. The summed E-state index contributed by atoms with van der Waals surface area (Å²) in [6.07, 6.45) is 0. The zero-order valence-corrected chi connectivity index (χ0v) is 14.7. The van der Waals surface area contributed by atoms with Gasteiger partial charge in [-0.05, 0) is 18.2 Å². The van der Waals surface area contributed by atoms with Crippen molar-refractivity contribution in [2.24, 2.45) is 0 Å².